The number of ether oxygens (including phenoxy) is 5. The van der Waals surface area contributed by atoms with Crippen LogP contribution in [0.25, 0.3) is 0 Å². The minimum absolute atomic E-state index is 0.138. The third kappa shape index (κ3) is 2.93. The van der Waals surface area contributed by atoms with Gasteiger partial charge in [-0.1, -0.05) is 0 Å². The Balaban J connectivity index is 1.77. The Morgan fingerprint density at radius 1 is 1.05 bits per heavy atom. The van der Waals surface area contributed by atoms with Gasteiger partial charge in [-0.25, -0.2) is 0 Å². The molecule has 0 radical (unpaired) electrons. The number of hydrogen-bond donors (Lipinski definition) is 1. The minimum Gasteiger partial charge on any atom is -0.348 e. The van der Waals surface area contributed by atoms with Crippen molar-refractivity contribution >= 4 is 5.91 Å². The Hall–Kier alpha value is -0.730. The van der Waals surface area contributed by atoms with E-state index in [9.17, 15) is 4.79 Å². The monoisotopic (exact) mass is 301 g/mol. The van der Waals surface area contributed by atoms with Crippen LogP contribution in [0.5, 0.6) is 0 Å². The summed E-state index contributed by atoms with van der Waals surface area (Å²) >= 11 is 0. The van der Waals surface area contributed by atoms with Crippen LogP contribution < -0.4 is 5.32 Å². The quantitative estimate of drug-likeness (QED) is 0.801. The van der Waals surface area contributed by atoms with Crippen LogP contribution in [0.3, 0.4) is 0 Å². The van der Waals surface area contributed by atoms with Gasteiger partial charge in [0.05, 0.1) is 12.6 Å². The Morgan fingerprint density at radius 2 is 1.76 bits per heavy atom. The zero-order valence-corrected chi connectivity index (χ0v) is 13.0. The third-order valence-corrected chi connectivity index (χ3v) is 3.85. The van der Waals surface area contributed by atoms with E-state index in [1.54, 1.807) is 0 Å². The van der Waals surface area contributed by atoms with E-state index in [0.29, 0.717) is 6.61 Å². The smallest absolute Gasteiger partial charge is 0.217 e. The lowest BCUT2D eigenvalue weighted by Gasteiger charge is -2.29. The molecule has 0 saturated carbocycles. The van der Waals surface area contributed by atoms with Crippen molar-refractivity contribution in [3.8, 4) is 0 Å². The van der Waals surface area contributed by atoms with Crippen LogP contribution in [0.1, 0.15) is 34.6 Å². The van der Waals surface area contributed by atoms with E-state index < -0.39 is 17.9 Å². The number of carbonyl (C=O) groups is 1. The van der Waals surface area contributed by atoms with E-state index in [-0.39, 0.29) is 30.3 Å². The molecule has 0 aromatic rings. The number of fused-ring (bicyclic) bond motifs is 1. The van der Waals surface area contributed by atoms with Gasteiger partial charge in [0.2, 0.25) is 5.91 Å². The standard InChI is InChI=1S/C14H23NO6/c1-7(16)15-9-10(8-6-17-13(2,3)19-8)18-12-11(9)20-14(4,5)21-12/h8-12H,6H2,1-5H3,(H,15,16)/t8-,9+,10-,11+,12-/m0/s1. The van der Waals surface area contributed by atoms with Gasteiger partial charge in [0, 0.05) is 6.92 Å². The van der Waals surface area contributed by atoms with Crippen LogP contribution in [0, 0.1) is 0 Å². The Bertz CT molecular complexity index is 437. The average Bonchev–Trinajstić information content (AvgIpc) is 2.90. The number of nitrogens with one attached hydrogen (secondary N) is 1. The van der Waals surface area contributed by atoms with Crippen LogP contribution >= 0.6 is 0 Å². The summed E-state index contributed by atoms with van der Waals surface area (Å²) in [5.74, 6) is -1.50. The molecule has 0 unspecified atom stereocenters. The normalized spacial score (nSPS) is 43.8. The van der Waals surface area contributed by atoms with Gasteiger partial charge in [-0.3, -0.25) is 4.79 Å². The lowest BCUT2D eigenvalue weighted by Crippen LogP contribution is -2.52. The van der Waals surface area contributed by atoms with E-state index in [1.165, 1.54) is 6.92 Å². The summed E-state index contributed by atoms with van der Waals surface area (Å²) in [6.07, 6.45) is -1.48. The largest absolute Gasteiger partial charge is 0.348 e. The van der Waals surface area contributed by atoms with E-state index in [2.05, 4.69) is 5.32 Å². The van der Waals surface area contributed by atoms with Crippen molar-refractivity contribution < 1.29 is 28.5 Å². The summed E-state index contributed by atoms with van der Waals surface area (Å²) in [7, 11) is 0. The van der Waals surface area contributed by atoms with Gasteiger partial charge in [0.15, 0.2) is 17.9 Å². The third-order valence-electron chi connectivity index (χ3n) is 3.85. The second-order valence-corrected chi connectivity index (χ2v) is 6.66. The summed E-state index contributed by atoms with van der Waals surface area (Å²) in [5.41, 5.74) is 0. The molecule has 21 heavy (non-hydrogen) atoms. The SMILES string of the molecule is CC(=O)N[C@@H]1[C@H]([C@@H]2COC(C)(C)O2)O[C@H]2OC(C)(C)O[C@@H]21. The molecule has 7 heteroatoms. The van der Waals surface area contributed by atoms with E-state index in [4.69, 9.17) is 23.7 Å². The molecule has 0 aromatic heterocycles. The van der Waals surface area contributed by atoms with Crippen molar-refractivity contribution in [2.45, 2.75) is 76.8 Å². The highest BCUT2D eigenvalue weighted by Crippen LogP contribution is 2.40. The molecule has 3 fully saturated rings. The first-order chi connectivity index (χ1) is 9.67. The molecule has 3 aliphatic heterocycles. The van der Waals surface area contributed by atoms with E-state index in [0.717, 1.165) is 0 Å². The molecule has 1 N–H and O–H groups in total. The van der Waals surface area contributed by atoms with E-state index >= 15 is 0 Å². The number of carbonyl (C=O) groups excluding carboxylic acids is 1. The van der Waals surface area contributed by atoms with Crippen LogP contribution in [-0.4, -0.2) is 54.7 Å². The van der Waals surface area contributed by atoms with Crippen molar-refractivity contribution in [2.75, 3.05) is 6.61 Å². The lowest BCUT2D eigenvalue weighted by molar-refractivity contribution is -0.223. The van der Waals surface area contributed by atoms with Crippen LogP contribution in [0.4, 0.5) is 0 Å². The van der Waals surface area contributed by atoms with Crippen molar-refractivity contribution in [3.05, 3.63) is 0 Å². The first-order valence-electron chi connectivity index (χ1n) is 7.27. The molecular weight excluding hydrogens is 278 g/mol. The molecular formula is C14H23NO6. The van der Waals surface area contributed by atoms with Gasteiger partial charge in [-0.2, -0.15) is 0 Å². The van der Waals surface area contributed by atoms with Crippen molar-refractivity contribution in [2.24, 2.45) is 0 Å². The zero-order chi connectivity index (χ0) is 15.4. The summed E-state index contributed by atoms with van der Waals surface area (Å²) < 4.78 is 29.0. The maximum Gasteiger partial charge on any atom is 0.217 e. The molecule has 1 amide bonds. The predicted octanol–water partition coefficient (Wildman–Crippen LogP) is 0.519. The molecule has 3 rings (SSSR count). The molecule has 3 aliphatic rings. The second kappa shape index (κ2) is 4.89. The first-order valence-corrected chi connectivity index (χ1v) is 7.27. The fraction of sp³-hybridized carbons (Fsp3) is 0.929. The van der Waals surface area contributed by atoms with Gasteiger partial charge in [0.25, 0.3) is 0 Å². The molecule has 0 bridgehead atoms. The van der Waals surface area contributed by atoms with Gasteiger partial charge in [-0.15, -0.1) is 0 Å². The van der Waals surface area contributed by atoms with E-state index in [1.807, 2.05) is 27.7 Å². The Morgan fingerprint density at radius 3 is 2.33 bits per heavy atom. The second-order valence-electron chi connectivity index (χ2n) is 6.66. The maximum atomic E-state index is 11.5. The molecule has 3 saturated heterocycles. The van der Waals surface area contributed by atoms with Crippen LogP contribution in [0.2, 0.25) is 0 Å². The number of rotatable bonds is 2. The van der Waals surface area contributed by atoms with Crippen molar-refractivity contribution in [1.82, 2.24) is 5.32 Å². The Labute approximate surface area is 124 Å². The van der Waals surface area contributed by atoms with Gasteiger partial charge in [-0.05, 0) is 27.7 Å². The molecule has 0 aliphatic carbocycles. The fourth-order valence-electron chi connectivity index (χ4n) is 3.13. The number of amides is 1. The molecule has 7 nitrogen and oxygen atoms in total. The zero-order valence-electron chi connectivity index (χ0n) is 13.0. The van der Waals surface area contributed by atoms with Gasteiger partial charge >= 0.3 is 0 Å². The maximum absolute atomic E-state index is 11.5. The molecule has 120 valence electrons. The highest BCUT2D eigenvalue weighted by molar-refractivity contribution is 5.73. The minimum atomic E-state index is -0.719. The van der Waals surface area contributed by atoms with Crippen molar-refractivity contribution in [1.29, 1.82) is 0 Å². The predicted molar refractivity (Wildman–Crippen MR) is 71.2 cm³/mol. The van der Waals surface area contributed by atoms with Crippen LogP contribution in [-0.2, 0) is 28.5 Å². The van der Waals surface area contributed by atoms with Crippen molar-refractivity contribution in [3.63, 3.8) is 0 Å². The summed E-state index contributed by atoms with van der Waals surface area (Å²) in [6, 6.07) is -0.322. The topological polar surface area (TPSA) is 75.3 Å². The fourth-order valence-corrected chi connectivity index (χ4v) is 3.13. The van der Waals surface area contributed by atoms with Crippen LogP contribution in [0.15, 0.2) is 0 Å². The molecule has 3 heterocycles. The van der Waals surface area contributed by atoms with Gasteiger partial charge < -0.3 is 29.0 Å². The Kier molecular flexibility index (Phi) is 3.53. The average molecular weight is 301 g/mol. The summed E-state index contributed by atoms with van der Waals surface area (Å²) in [5, 5.41) is 2.90. The summed E-state index contributed by atoms with van der Waals surface area (Å²) in [4.78, 5) is 11.5. The number of hydrogen-bond acceptors (Lipinski definition) is 6. The lowest BCUT2D eigenvalue weighted by atomic mass is 10.0. The summed E-state index contributed by atoms with van der Waals surface area (Å²) in [6.45, 7) is 9.25. The van der Waals surface area contributed by atoms with Gasteiger partial charge in [0.1, 0.15) is 18.3 Å². The molecule has 0 spiro atoms. The molecule has 0 aromatic carbocycles. The first kappa shape index (κ1) is 15.2. The highest BCUT2D eigenvalue weighted by atomic mass is 16.8. The highest BCUT2D eigenvalue weighted by Gasteiger charge is 2.58. The molecule has 5 atom stereocenters.